The van der Waals surface area contributed by atoms with E-state index < -0.39 is 38.7 Å². The van der Waals surface area contributed by atoms with Crippen molar-refractivity contribution in [2.75, 3.05) is 13.2 Å². The first kappa shape index (κ1) is 37.8. The van der Waals surface area contributed by atoms with Gasteiger partial charge in [0.15, 0.2) is 0 Å². The van der Waals surface area contributed by atoms with Gasteiger partial charge in [0, 0.05) is 0 Å². The van der Waals surface area contributed by atoms with E-state index in [9.17, 15) is 0 Å². The second-order valence-electron chi connectivity index (χ2n) is 12.1. The van der Waals surface area contributed by atoms with E-state index in [-0.39, 0.29) is 11.2 Å². The van der Waals surface area contributed by atoms with Crippen LogP contribution in [0, 0.1) is 0 Å². The molecule has 0 aromatic rings. The molecule has 218 valence electrons. The zero-order chi connectivity index (χ0) is 28.6. The molecule has 8 heteroatoms. The molecule has 2 aliphatic carbocycles. The van der Waals surface area contributed by atoms with Gasteiger partial charge in [-0.05, 0) is 0 Å². The average molecular weight is 767 g/mol. The Hall–Kier alpha value is 1.81. The maximum atomic E-state index is 6.06. The molecule has 0 N–H and O–H groups in total. The molecule has 0 fully saturated rings. The van der Waals surface area contributed by atoms with Crippen LogP contribution in [0.5, 0.6) is 0 Å². The molecule has 2 rings (SSSR count). The second kappa shape index (κ2) is 20.7. The summed E-state index contributed by atoms with van der Waals surface area (Å²) in [7, 11) is 24.2. The second-order valence-corrected chi connectivity index (χ2v) is 30.1. The first-order valence-corrected chi connectivity index (χ1v) is 29.7. The summed E-state index contributed by atoms with van der Waals surface area (Å²) < 4.78 is 12.2. The third-order valence-electron chi connectivity index (χ3n) is 6.12. The van der Waals surface area contributed by atoms with Gasteiger partial charge in [-0.15, -0.1) is 0 Å². The number of rotatable bonds is 16. The first-order chi connectivity index (χ1) is 17.8. The van der Waals surface area contributed by atoms with Gasteiger partial charge in [0.1, 0.15) is 0 Å². The van der Waals surface area contributed by atoms with E-state index in [0.29, 0.717) is 7.25 Å². The van der Waals surface area contributed by atoms with E-state index in [1.54, 1.807) is 0 Å². The van der Waals surface area contributed by atoms with Crippen LogP contribution < -0.4 is 0 Å². The molecule has 38 heavy (non-hydrogen) atoms. The van der Waals surface area contributed by atoms with Crippen LogP contribution in [-0.2, 0) is 48.2 Å². The predicted octanol–water partition coefficient (Wildman–Crippen LogP) is 11.9. The maximum absolute atomic E-state index is 6.06. The molecule has 0 heterocycles. The Morgan fingerprint density at radius 1 is 0.579 bits per heavy atom. The fourth-order valence-electron chi connectivity index (χ4n) is 4.07. The summed E-state index contributed by atoms with van der Waals surface area (Å²) in [4.78, 5) is 0. The van der Waals surface area contributed by atoms with Gasteiger partial charge >= 0.3 is 267 Å². The first-order valence-electron chi connectivity index (χ1n) is 14.2. The molecule has 0 radical (unpaired) electrons. The van der Waals surface area contributed by atoms with Crippen molar-refractivity contribution in [3.63, 3.8) is 0 Å². The molecule has 2 atom stereocenters. The number of hydrogen-bond donors (Lipinski definition) is 0. The van der Waals surface area contributed by atoms with E-state index in [1.807, 2.05) is 0 Å². The number of allylic oxidation sites excluding steroid dienone is 8. The van der Waals surface area contributed by atoms with Crippen molar-refractivity contribution in [3.05, 3.63) is 47.6 Å². The predicted molar refractivity (Wildman–Crippen MR) is 163 cm³/mol. The summed E-state index contributed by atoms with van der Waals surface area (Å²) in [5.41, 5.74) is 2.85. The Morgan fingerprint density at radius 3 is 1.21 bits per heavy atom. The minimum absolute atomic E-state index is 0.000362. The summed E-state index contributed by atoms with van der Waals surface area (Å²) in [5.74, 6) is 0. The van der Waals surface area contributed by atoms with E-state index in [1.165, 1.54) is 49.7 Å². The molecule has 0 amide bonds. The van der Waals surface area contributed by atoms with Crippen molar-refractivity contribution in [1.29, 1.82) is 0 Å². The van der Waals surface area contributed by atoms with Crippen molar-refractivity contribution >= 4 is 34.1 Å². The average Bonchev–Trinajstić information content (AvgIpc) is 3.47. The summed E-state index contributed by atoms with van der Waals surface area (Å²) in [6.07, 6.45) is 25.5. The van der Waals surface area contributed by atoms with Crippen molar-refractivity contribution in [2.45, 2.75) is 124 Å². The van der Waals surface area contributed by atoms with E-state index >= 15 is 0 Å². The molecule has 0 aromatic carbocycles. The number of hydrogen-bond acceptors (Lipinski definition) is 2. The third-order valence-corrected chi connectivity index (χ3v) is 16.3. The molecule has 0 bridgehead atoms. The van der Waals surface area contributed by atoms with Crippen LogP contribution in [0.25, 0.3) is 0 Å². The van der Waals surface area contributed by atoms with E-state index in [0.717, 1.165) is 38.9 Å². The van der Waals surface area contributed by atoms with Gasteiger partial charge < -0.3 is 0 Å². The SMILES string of the molecule is CC(C)(C)OCCCCCCC1=C[CH]([Zr]([Cl])[Cl])C=C1.CC(C)(C)OCCCCCCC1=C[CH]([Zr]([Cl])[Cl])C=C1. The molecule has 0 aliphatic heterocycles. The van der Waals surface area contributed by atoms with E-state index in [4.69, 9.17) is 43.5 Å². The zero-order valence-corrected chi connectivity index (χ0v) is 32.4. The van der Waals surface area contributed by atoms with Crippen molar-refractivity contribution in [3.8, 4) is 0 Å². The molecule has 0 saturated carbocycles. The van der Waals surface area contributed by atoms with Crippen molar-refractivity contribution < 1.29 is 48.2 Å². The minimum atomic E-state index is -2.09. The van der Waals surface area contributed by atoms with Gasteiger partial charge in [-0.25, -0.2) is 0 Å². The molecular weight excluding hydrogens is 717 g/mol. The molecular formula is C30H50Cl4O2Zr2. The zero-order valence-electron chi connectivity index (χ0n) is 24.4. The Kier molecular flexibility index (Phi) is 20.6. The fraction of sp³-hybridized carbons (Fsp3) is 0.733. The van der Waals surface area contributed by atoms with Crippen LogP contribution in [0.15, 0.2) is 47.6 Å². The summed E-state index contributed by atoms with van der Waals surface area (Å²) in [6.45, 7) is 14.4. The fourth-order valence-corrected chi connectivity index (χ4v) is 10.1. The van der Waals surface area contributed by atoms with Gasteiger partial charge in [-0.2, -0.15) is 0 Å². The van der Waals surface area contributed by atoms with Crippen LogP contribution >= 0.6 is 34.1 Å². The van der Waals surface area contributed by atoms with Crippen molar-refractivity contribution in [1.82, 2.24) is 0 Å². The van der Waals surface area contributed by atoms with Crippen LogP contribution in [0.1, 0.15) is 106 Å². The molecule has 2 unspecified atom stereocenters. The Morgan fingerprint density at radius 2 is 0.921 bits per heavy atom. The summed E-state index contributed by atoms with van der Waals surface area (Å²) in [6, 6.07) is 0. The molecule has 2 nitrogen and oxygen atoms in total. The van der Waals surface area contributed by atoms with Gasteiger partial charge in [-0.1, -0.05) is 0 Å². The summed E-state index contributed by atoms with van der Waals surface area (Å²) >= 11 is -4.18. The Balaban J connectivity index is 0.000000380. The molecule has 2 aliphatic rings. The van der Waals surface area contributed by atoms with Crippen LogP contribution in [0.3, 0.4) is 0 Å². The normalized spacial score (nSPS) is 18.8. The topological polar surface area (TPSA) is 18.5 Å². The number of halogens is 4. The van der Waals surface area contributed by atoms with Crippen LogP contribution in [-0.4, -0.2) is 24.4 Å². The van der Waals surface area contributed by atoms with Crippen molar-refractivity contribution in [2.24, 2.45) is 0 Å². The van der Waals surface area contributed by atoms with Gasteiger partial charge in [0.05, 0.1) is 0 Å². The quantitative estimate of drug-likeness (QED) is 0.146. The van der Waals surface area contributed by atoms with Crippen LogP contribution in [0.4, 0.5) is 0 Å². The van der Waals surface area contributed by atoms with Gasteiger partial charge in [0.25, 0.3) is 0 Å². The Labute approximate surface area is 264 Å². The third kappa shape index (κ3) is 20.6. The molecule has 0 saturated heterocycles. The monoisotopic (exact) mass is 762 g/mol. The summed E-state index contributed by atoms with van der Waals surface area (Å²) in [5, 5.41) is 0. The number of ether oxygens (including phenoxy) is 2. The van der Waals surface area contributed by atoms with Crippen LogP contribution in [0.2, 0.25) is 7.25 Å². The van der Waals surface area contributed by atoms with Gasteiger partial charge in [-0.3, -0.25) is 0 Å². The number of unbranched alkanes of at least 4 members (excludes halogenated alkanes) is 6. The van der Waals surface area contributed by atoms with E-state index in [2.05, 4.69) is 78.0 Å². The molecule has 0 spiro atoms. The molecule has 0 aromatic heterocycles. The Bertz CT molecular complexity index is 701. The standard InChI is InChI=1S/2C15H25O.4ClH.2Zr/c2*1-15(2,3)16-13-9-5-4-6-10-14-11-7-8-12-14;;;;;;/h2*7-8,11-12H,4-6,9-10,13H2,1-3H3;4*1H;;/q;;;;;;2*+2/p-4. The van der Waals surface area contributed by atoms with Gasteiger partial charge in [0.2, 0.25) is 0 Å².